The van der Waals surface area contributed by atoms with Crippen LogP contribution >= 0.6 is 0 Å². The molecule has 0 aliphatic rings. The van der Waals surface area contributed by atoms with Gasteiger partial charge in [-0.1, -0.05) is 0 Å². The second kappa shape index (κ2) is 4.80. The Hall–Kier alpha value is -1.84. The highest BCUT2D eigenvalue weighted by molar-refractivity contribution is 5.78. The number of esters is 1. The summed E-state index contributed by atoms with van der Waals surface area (Å²) in [6, 6.07) is 4.24. The van der Waals surface area contributed by atoms with Crippen LogP contribution in [0.1, 0.15) is 30.5 Å². The zero-order valence-electron chi connectivity index (χ0n) is 11.2. The molecule has 1 unspecified atom stereocenters. The van der Waals surface area contributed by atoms with Gasteiger partial charge in [0.2, 0.25) is 0 Å². The van der Waals surface area contributed by atoms with Crippen LogP contribution in [-0.2, 0) is 9.53 Å². The van der Waals surface area contributed by atoms with Gasteiger partial charge in [0, 0.05) is 6.04 Å². The van der Waals surface area contributed by atoms with E-state index in [2.05, 4.69) is 31.0 Å². The van der Waals surface area contributed by atoms with Crippen molar-refractivity contribution >= 4 is 17.0 Å². The molecule has 1 aromatic carbocycles. The Morgan fingerprint density at radius 1 is 1.39 bits per heavy atom. The van der Waals surface area contributed by atoms with Crippen molar-refractivity contribution in [2.45, 2.75) is 33.2 Å². The summed E-state index contributed by atoms with van der Waals surface area (Å²) >= 11 is 0. The van der Waals surface area contributed by atoms with E-state index >= 15 is 0 Å². The molecule has 2 aromatic rings. The number of rotatable bonds is 3. The summed E-state index contributed by atoms with van der Waals surface area (Å²) in [5.41, 5.74) is 4.49. The fraction of sp³-hybridized carbons (Fsp3) is 0.429. The first kappa shape index (κ1) is 12.6. The zero-order valence-corrected chi connectivity index (χ0v) is 11.2. The lowest BCUT2D eigenvalue weighted by Crippen LogP contribution is -2.11. The Morgan fingerprint density at radius 3 is 2.72 bits per heavy atom. The Bertz CT molecular complexity index is 587. The Kier molecular flexibility index (Phi) is 3.36. The molecule has 0 radical (unpaired) electrons. The van der Waals surface area contributed by atoms with Crippen LogP contribution < -0.4 is 0 Å². The molecular weight excluding hydrogens is 228 g/mol. The highest BCUT2D eigenvalue weighted by Crippen LogP contribution is 2.23. The van der Waals surface area contributed by atoms with Gasteiger partial charge >= 0.3 is 5.97 Å². The molecule has 0 spiro atoms. The summed E-state index contributed by atoms with van der Waals surface area (Å²) in [5.74, 6) is -0.201. The Morgan fingerprint density at radius 2 is 2.06 bits per heavy atom. The maximum absolute atomic E-state index is 11.3. The number of methoxy groups -OCH3 is 1. The molecule has 4 nitrogen and oxygen atoms in total. The van der Waals surface area contributed by atoms with E-state index in [0.717, 1.165) is 11.0 Å². The average Bonchev–Trinajstić information content (AvgIpc) is 2.72. The predicted molar refractivity (Wildman–Crippen MR) is 70.6 cm³/mol. The maximum Gasteiger partial charge on any atom is 0.307 e. The van der Waals surface area contributed by atoms with E-state index < -0.39 is 0 Å². The van der Waals surface area contributed by atoms with Crippen molar-refractivity contribution in [3.05, 3.63) is 29.6 Å². The first-order valence-electron chi connectivity index (χ1n) is 6.03. The highest BCUT2D eigenvalue weighted by Gasteiger charge is 2.14. The van der Waals surface area contributed by atoms with Crippen molar-refractivity contribution in [2.24, 2.45) is 0 Å². The number of aromatic nitrogens is 2. The fourth-order valence-corrected chi connectivity index (χ4v) is 2.06. The number of carbonyl (C=O) groups excluding carboxylic acids is 1. The first-order chi connectivity index (χ1) is 8.52. The quantitative estimate of drug-likeness (QED) is 0.782. The minimum Gasteiger partial charge on any atom is -0.469 e. The van der Waals surface area contributed by atoms with Gasteiger partial charge in [-0.25, -0.2) is 4.98 Å². The third kappa shape index (κ3) is 2.23. The van der Waals surface area contributed by atoms with Crippen LogP contribution in [0.5, 0.6) is 0 Å². The van der Waals surface area contributed by atoms with Gasteiger partial charge in [0.1, 0.15) is 0 Å². The third-order valence-corrected chi connectivity index (χ3v) is 3.35. The summed E-state index contributed by atoms with van der Waals surface area (Å²) in [5, 5.41) is 0. The topological polar surface area (TPSA) is 44.1 Å². The molecule has 96 valence electrons. The molecule has 0 saturated carbocycles. The minimum atomic E-state index is -0.201. The molecule has 1 atom stereocenters. The van der Waals surface area contributed by atoms with Crippen LogP contribution in [0.4, 0.5) is 0 Å². The van der Waals surface area contributed by atoms with Crippen LogP contribution in [0.2, 0.25) is 0 Å². The normalized spacial score (nSPS) is 12.7. The number of aryl methyl sites for hydroxylation is 2. The second-order valence-electron chi connectivity index (χ2n) is 4.71. The largest absolute Gasteiger partial charge is 0.469 e. The number of imidazole rings is 1. The molecule has 0 N–H and O–H groups in total. The molecule has 18 heavy (non-hydrogen) atoms. The predicted octanol–water partition coefficient (Wildman–Crippen LogP) is 2.78. The minimum absolute atomic E-state index is 0.0459. The molecule has 0 saturated heterocycles. The molecule has 0 bridgehead atoms. The van der Waals surface area contributed by atoms with Gasteiger partial charge in [-0.05, 0) is 44.0 Å². The molecule has 0 amide bonds. The number of benzene rings is 1. The number of hydrogen-bond donors (Lipinski definition) is 0. The highest BCUT2D eigenvalue weighted by atomic mass is 16.5. The summed E-state index contributed by atoms with van der Waals surface area (Å²) in [4.78, 5) is 15.7. The fourth-order valence-electron chi connectivity index (χ4n) is 2.06. The van der Waals surface area contributed by atoms with Gasteiger partial charge < -0.3 is 9.30 Å². The second-order valence-corrected chi connectivity index (χ2v) is 4.71. The van der Waals surface area contributed by atoms with Gasteiger partial charge in [-0.15, -0.1) is 0 Å². The summed E-state index contributed by atoms with van der Waals surface area (Å²) in [6.45, 7) is 6.15. The van der Waals surface area contributed by atoms with Gasteiger partial charge in [0.05, 0.1) is 30.9 Å². The van der Waals surface area contributed by atoms with E-state index in [4.69, 9.17) is 4.74 Å². The van der Waals surface area contributed by atoms with E-state index in [9.17, 15) is 4.79 Å². The Labute approximate surface area is 107 Å². The van der Waals surface area contributed by atoms with Crippen molar-refractivity contribution < 1.29 is 9.53 Å². The van der Waals surface area contributed by atoms with E-state index in [-0.39, 0.29) is 12.0 Å². The van der Waals surface area contributed by atoms with Crippen LogP contribution in [0.3, 0.4) is 0 Å². The monoisotopic (exact) mass is 246 g/mol. The Balaban J connectivity index is 2.39. The average molecular weight is 246 g/mol. The first-order valence-corrected chi connectivity index (χ1v) is 6.03. The number of ether oxygens (including phenoxy) is 1. The maximum atomic E-state index is 11.3. The third-order valence-electron chi connectivity index (χ3n) is 3.35. The molecule has 0 aliphatic carbocycles. The summed E-state index contributed by atoms with van der Waals surface area (Å²) < 4.78 is 6.73. The van der Waals surface area contributed by atoms with Crippen LogP contribution in [0.15, 0.2) is 18.5 Å². The molecule has 1 aromatic heterocycles. The number of nitrogens with zero attached hydrogens (tertiary/aromatic N) is 2. The van der Waals surface area contributed by atoms with Crippen LogP contribution in [0, 0.1) is 13.8 Å². The van der Waals surface area contributed by atoms with Crippen LogP contribution in [-0.4, -0.2) is 22.6 Å². The molecule has 0 aliphatic heterocycles. The van der Waals surface area contributed by atoms with Crippen LogP contribution in [0.25, 0.3) is 11.0 Å². The molecule has 0 fully saturated rings. The standard InChI is InChI=1S/C14H18N2O2/c1-9-5-12-13(6-10(9)2)16(8-15-12)11(3)7-14(17)18-4/h5-6,8,11H,7H2,1-4H3. The molecule has 4 heteroatoms. The van der Waals surface area contributed by atoms with Crippen molar-refractivity contribution in [3.8, 4) is 0 Å². The SMILES string of the molecule is COC(=O)CC(C)n1cnc2cc(C)c(C)cc21. The number of hydrogen-bond acceptors (Lipinski definition) is 3. The van der Waals surface area contributed by atoms with Crippen molar-refractivity contribution in [1.29, 1.82) is 0 Å². The smallest absolute Gasteiger partial charge is 0.307 e. The van der Waals surface area contributed by atoms with Gasteiger partial charge in [-0.3, -0.25) is 4.79 Å². The summed E-state index contributed by atoms with van der Waals surface area (Å²) in [6.07, 6.45) is 2.14. The van der Waals surface area contributed by atoms with E-state index in [1.165, 1.54) is 18.2 Å². The van der Waals surface area contributed by atoms with Gasteiger partial charge in [0.25, 0.3) is 0 Å². The van der Waals surface area contributed by atoms with Crippen molar-refractivity contribution in [2.75, 3.05) is 7.11 Å². The lowest BCUT2D eigenvalue weighted by molar-refractivity contribution is -0.141. The summed E-state index contributed by atoms with van der Waals surface area (Å²) in [7, 11) is 1.41. The molecule has 1 heterocycles. The number of carbonyl (C=O) groups is 1. The van der Waals surface area contributed by atoms with Crippen molar-refractivity contribution in [1.82, 2.24) is 9.55 Å². The number of fused-ring (bicyclic) bond motifs is 1. The van der Waals surface area contributed by atoms with Crippen molar-refractivity contribution in [3.63, 3.8) is 0 Å². The lowest BCUT2D eigenvalue weighted by Gasteiger charge is -2.13. The molecule has 2 rings (SSSR count). The lowest BCUT2D eigenvalue weighted by atomic mass is 10.1. The van der Waals surface area contributed by atoms with Gasteiger partial charge in [-0.2, -0.15) is 0 Å². The van der Waals surface area contributed by atoms with Gasteiger partial charge in [0.15, 0.2) is 0 Å². The van der Waals surface area contributed by atoms with E-state index in [1.807, 2.05) is 11.5 Å². The zero-order chi connectivity index (χ0) is 13.3. The molecular formula is C14H18N2O2. The van der Waals surface area contributed by atoms with E-state index in [0.29, 0.717) is 6.42 Å². The van der Waals surface area contributed by atoms with E-state index in [1.54, 1.807) is 6.33 Å².